The third-order valence-electron chi connectivity index (χ3n) is 5.46. The summed E-state index contributed by atoms with van der Waals surface area (Å²) < 4.78 is 18.5. The van der Waals surface area contributed by atoms with Crippen LogP contribution < -0.4 is 10.5 Å². The number of pyridine rings is 2. The Kier molecular flexibility index (Phi) is 6.11. The first kappa shape index (κ1) is 20.8. The van der Waals surface area contributed by atoms with E-state index in [1.807, 2.05) is 24.0 Å². The number of nitrogens with zero attached hydrogens (tertiary/aromatic N) is 3. The molecule has 1 unspecified atom stereocenters. The van der Waals surface area contributed by atoms with E-state index in [1.54, 1.807) is 12.3 Å². The molecule has 1 saturated heterocycles. The van der Waals surface area contributed by atoms with Gasteiger partial charge in [0.2, 0.25) is 0 Å². The van der Waals surface area contributed by atoms with E-state index < -0.39 is 0 Å². The van der Waals surface area contributed by atoms with E-state index in [0.717, 1.165) is 35.4 Å². The molecule has 2 N–H and O–H groups in total. The minimum atomic E-state index is -0.336. The fourth-order valence-electron chi connectivity index (χ4n) is 3.86. The highest BCUT2D eigenvalue weighted by molar-refractivity contribution is 5.78. The Labute approximate surface area is 180 Å². The maximum absolute atomic E-state index is 13.0. The first-order chi connectivity index (χ1) is 15.0. The fraction of sp³-hybridized carbons (Fsp3) is 0.292. The number of hydrogen-bond donors (Lipinski definition) is 1. The molecule has 3 heterocycles. The number of ether oxygens (including phenoxy) is 1. The minimum absolute atomic E-state index is 0.0675. The van der Waals surface area contributed by atoms with E-state index in [9.17, 15) is 9.18 Å². The van der Waals surface area contributed by atoms with Crippen LogP contribution in [0.5, 0.6) is 5.75 Å². The van der Waals surface area contributed by atoms with Crippen molar-refractivity contribution < 1.29 is 13.9 Å². The van der Waals surface area contributed by atoms with Gasteiger partial charge >= 0.3 is 0 Å². The zero-order valence-electron chi connectivity index (χ0n) is 17.4. The van der Waals surface area contributed by atoms with Gasteiger partial charge in [0.25, 0.3) is 5.91 Å². The van der Waals surface area contributed by atoms with E-state index >= 15 is 0 Å². The van der Waals surface area contributed by atoms with Crippen molar-refractivity contribution in [2.45, 2.75) is 25.7 Å². The first-order valence-corrected chi connectivity index (χ1v) is 10.3. The number of carbonyl (C=O) groups is 1. The van der Waals surface area contributed by atoms with Crippen LogP contribution in [0.25, 0.3) is 11.1 Å². The Hall–Kier alpha value is -3.48. The monoisotopic (exact) mass is 420 g/mol. The average Bonchev–Trinajstić information content (AvgIpc) is 2.78. The Morgan fingerprint density at radius 2 is 2.00 bits per heavy atom. The lowest BCUT2D eigenvalue weighted by atomic mass is 9.92. The maximum atomic E-state index is 13.0. The van der Waals surface area contributed by atoms with Crippen LogP contribution in [0, 0.1) is 12.7 Å². The fourth-order valence-corrected chi connectivity index (χ4v) is 3.86. The lowest BCUT2D eigenvalue weighted by Gasteiger charge is -2.32. The Bertz CT molecular complexity index is 1050. The summed E-state index contributed by atoms with van der Waals surface area (Å²) in [6.45, 7) is 3.20. The van der Waals surface area contributed by atoms with E-state index in [4.69, 9.17) is 15.5 Å². The normalized spacial score (nSPS) is 16.2. The smallest absolute Gasteiger partial charge is 0.260 e. The van der Waals surface area contributed by atoms with Gasteiger partial charge in [-0.15, -0.1) is 0 Å². The van der Waals surface area contributed by atoms with Gasteiger partial charge in [-0.1, -0.05) is 0 Å². The first-order valence-electron chi connectivity index (χ1n) is 10.3. The van der Waals surface area contributed by atoms with Crippen molar-refractivity contribution in [3.8, 4) is 16.9 Å². The number of carbonyl (C=O) groups excluding carboxylic acids is 1. The van der Waals surface area contributed by atoms with Crippen molar-refractivity contribution >= 4 is 11.7 Å². The third-order valence-corrected chi connectivity index (χ3v) is 5.46. The zero-order valence-corrected chi connectivity index (χ0v) is 17.4. The number of aromatic nitrogens is 2. The number of anilines is 1. The van der Waals surface area contributed by atoms with Crippen LogP contribution in [-0.2, 0) is 4.79 Å². The lowest BCUT2D eigenvalue weighted by Crippen LogP contribution is -2.41. The van der Waals surface area contributed by atoms with E-state index in [-0.39, 0.29) is 24.2 Å². The van der Waals surface area contributed by atoms with Crippen LogP contribution in [-0.4, -0.2) is 40.5 Å². The molecule has 2 aromatic heterocycles. The quantitative estimate of drug-likeness (QED) is 0.676. The molecule has 1 fully saturated rings. The van der Waals surface area contributed by atoms with Crippen LogP contribution in [0.1, 0.15) is 30.1 Å². The second-order valence-corrected chi connectivity index (χ2v) is 7.82. The molecule has 1 aliphatic rings. The molecule has 1 amide bonds. The van der Waals surface area contributed by atoms with Crippen LogP contribution in [0.4, 0.5) is 10.2 Å². The Balaban J connectivity index is 1.44. The molecular formula is C24H25FN4O2. The topological polar surface area (TPSA) is 81.3 Å². The molecule has 1 aromatic carbocycles. The number of rotatable bonds is 5. The minimum Gasteiger partial charge on any atom is -0.484 e. The molecule has 4 rings (SSSR count). The molecular weight excluding hydrogens is 395 g/mol. The summed E-state index contributed by atoms with van der Waals surface area (Å²) in [6, 6.07) is 13.5. The second-order valence-electron chi connectivity index (χ2n) is 7.82. The molecule has 31 heavy (non-hydrogen) atoms. The molecule has 1 atom stereocenters. The summed E-state index contributed by atoms with van der Waals surface area (Å²) in [6.07, 6.45) is 3.64. The Morgan fingerprint density at radius 3 is 2.74 bits per heavy atom. The van der Waals surface area contributed by atoms with Gasteiger partial charge in [0.05, 0.1) is 0 Å². The number of hydrogen-bond acceptors (Lipinski definition) is 5. The van der Waals surface area contributed by atoms with Gasteiger partial charge in [0, 0.05) is 42.2 Å². The molecule has 160 valence electrons. The molecule has 3 aromatic rings. The molecule has 0 saturated carbocycles. The van der Waals surface area contributed by atoms with Gasteiger partial charge in [-0.05, 0) is 73.9 Å². The standard InChI is InChI=1S/C24H25FN4O2/c1-16-11-19(17-4-9-23(26)27-13-17)12-22(28-16)18-3-2-10-29(14-18)24(30)15-31-21-7-5-20(25)6-8-21/h4-9,11-13,18H,2-3,10,14-15H2,1H3,(H2,26,27). The zero-order chi connectivity index (χ0) is 21.8. The number of likely N-dealkylation sites (tertiary alicyclic amines) is 1. The van der Waals surface area contributed by atoms with Gasteiger partial charge < -0.3 is 15.4 Å². The molecule has 7 heteroatoms. The number of amides is 1. The molecule has 0 aliphatic carbocycles. The summed E-state index contributed by atoms with van der Waals surface area (Å²) in [5.41, 5.74) is 9.63. The number of piperidine rings is 1. The summed E-state index contributed by atoms with van der Waals surface area (Å²) >= 11 is 0. The second kappa shape index (κ2) is 9.12. The predicted molar refractivity (Wildman–Crippen MR) is 117 cm³/mol. The van der Waals surface area contributed by atoms with Gasteiger partial charge in [0.15, 0.2) is 6.61 Å². The highest BCUT2D eigenvalue weighted by atomic mass is 19.1. The summed E-state index contributed by atoms with van der Waals surface area (Å²) in [5, 5.41) is 0. The number of halogens is 1. The summed E-state index contributed by atoms with van der Waals surface area (Å²) in [4.78, 5) is 23.4. The highest BCUT2D eigenvalue weighted by Gasteiger charge is 2.26. The van der Waals surface area contributed by atoms with E-state index in [2.05, 4.69) is 11.1 Å². The molecule has 0 bridgehead atoms. The van der Waals surface area contributed by atoms with Gasteiger partial charge in [0.1, 0.15) is 17.4 Å². The molecule has 0 spiro atoms. The predicted octanol–water partition coefficient (Wildman–Crippen LogP) is 3.96. The van der Waals surface area contributed by atoms with Crippen molar-refractivity contribution in [1.82, 2.24) is 14.9 Å². The van der Waals surface area contributed by atoms with Crippen LogP contribution in [0.15, 0.2) is 54.7 Å². The van der Waals surface area contributed by atoms with Crippen molar-refractivity contribution in [3.63, 3.8) is 0 Å². The number of nitrogen functional groups attached to an aromatic ring is 1. The van der Waals surface area contributed by atoms with E-state index in [0.29, 0.717) is 24.7 Å². The van der Waals surface area contributed by atoms with E-state index in [1.165, 1.54) is 24.3 Å². The van der Waals surface area contributed by atoms with Crippen molar-refractivity contribution in [2.75, 3.05) is 25.4 Å². The highest BCUT2D eigenvalue weighted by Crippen LogP contribution is 2.29. The SMILES string of the molecule is Cc1cc(-c2ccc(N)nc2)cc(C2CCCN(C(=O)COc3ccc(F)cc3)C2)n1. The Morgan fingerprint density at radius 1 is 1.19 bits per heavy atom. The molecule has 1 aliphatic heterocycles. The van der Waals surface area contributed by atoms with Crippen LogP contribution >= 0.6 is 0 Å². The summed E-state index contributed by atoms with van der Waals surface area (Å²) in [7, 11) is 0. The lowest BCUT2D eigenvalue weighted by molar-refractivity contribution is -0.134. The van der Waals surface area contributed by atoms with Crippen LogP contribution in [0.2, 0.25) is 0 Å². The van der Waals surface area contributed by atoms with Gasteiger partial charge in [-0.25, -0.2) is 9.37 Å². The van der Waals surface area contributed by atoms with Crippen molar-refractivity contribution in [2.24, 2.45) is 0 Å². The molecule has 0 radical (unpaired) electrons. The molecule has 6 nitrogen and oxygen atoms in total. The number of aryl methyl sites for hydroxylation is 1. The third kappa shape index (κ3) is 5.17. The van der Waals surface area contributed by atoms with Crippen LogP contribution in [0.3, 0.4) is 0 Å². The number of nitrogens with two attached hydrogens (primary N) is 1. The van der Waals surface area contributed by atoms with Crippen molar-refractivity contribution in [3.05, 3.63) is 71.9 Å². The van der Waals surface area contributed by atoms with Crippen molar-refractivity contribution in [1.29, 1.82) is 0 Å². The van der Waals surface area contributed by atoms with Gasteiger partial charge in [-0.3, -0.25) is 9.78 Å². The average molecular weight is 420 g/mol. The summed E-state index contributed by atoms with van der Waals surface area (Å²) in [5.74, 6) is 0.704. The largest absolute Gasteiger partial charge is 0.484 e. The maximum Gasteiger partial charge on any atom is 0.260 e. The van der Waals surface area contributed by atoms with Gasteiger partial charge in [-0.2, -0.15) is 0 Å². The number of benzene rings is 1.